The van der Waals surface area contributed by atoms with Crippen molar-refractivity contribution in [1.29, 1.82) is 0 Å². The van der Waals surface area contributed by atoms with Crippen molar-refractivity contribution in [3.63, 3.8) is 0 Å². The second kappa shape index (κ2) is 7.70. The number of nitrogens with zero attached hydrogens (tertiary/aromatic N) is 4. The Morgan fingerprint density at radius 1 is 1.04 bits per heavy atom. The van der Waals surface area contributed by atoms with Crippen LogP contribution in [0.25, 0.3) is 5.69 Å². The number of anilines is 1. The predicted molar refractivity (Wildman–Crippen MR) is 104 cm³/mol. The molecule has 1 aromatic heterocycles. The number of aromatic nitrogens is 4. The number of carbonyl (C=O) groups is 1. The van der Waals surface area contributed by atoms with Crippen LogP contribution in [0.5, 0.6) is 0 Å². The molecule has 0 saturated carbocycles. The lowest BCUT2D eigenvalue weighted by molar-refractivity contribution is -0.113. The largest absolute Gasteiger partial charge is 0.325 e. The Labute approximate surface area is 157 Å². The molecule has 3 rings (SSSR count). The maximum absolute atomic E-state index is 12.3. The fraction of sp³-hybridized carbons (Fsp3) is 0.263. The molecule has 0 saturated heterocycles. The first-order valence-electron chi connectivity index (χ1n) is 8.30. The molecule has 7 heteroatoms. The summed E-state index contributed by atoms with van der Waals surface area (Å²) in [5.41, 5.74) is 6.25. The highest BCUT2D eigenvalue weighted by molar-refractivity contribution is 7.99. The summed E-state index contributed by atoms with van der Waals surface area (Å²) in [5, 5.41) is 15.4. The van der Waals surface area contributed by atoms with Gasteiger partial charge in [0.15, 0.2) is 0 Å². The summed E-state index contributed by atoms with van der Waals surface area (Å²) in [5.74, 6) is 0.150. The lowest BCUT2D eigenvalue weighted by Crippen LogP contribution is -2.15. The van der Waals surface area contributed by atoms with Gasteiger partial charge in [0, 0.05) is 5.69 Å². The lowest BCUT2D eigenvalue weighted by atomic mass is 10.1. The van der Waals surface area contributed by atoms with Gasteiger partial charge in [-0.3, -0.25) is 4.79 Å². The molecule has 0 fully saturated rings. The van der Waals surface area contributed by atoms with Crippen molar-refractivity contribution >= 4 is 23.4 Å². The van der Waals surface area contributed by atoms with Crippen LogP contribution in [0.4, 0.5) is 5.69 Å². The molecule has 0 unspecified atom stereocenters. The quantitative estimate of drug-likeness (QED) is 0.697. The van der Waals surface area contributed by atoms with Crippen molar-refractivity contribution in [2.45, 2.75) is 32.9 Å². The topological polar surface area (TPSA) is 72.7 Å². The molecule has 6 nitrogen and oxygen atoms in total. The average Bonchev–Trinajstić information content (AvgIpc) is 3.07. The Balaban J connectivity index is 1.69. The molecule has 134 valence electrons. The Kier molecular flexibility index (Phi) is 5.37. The fourth-order valence-electron chi connectivity index (χ4n) is 2.48. The number of aryl methyl sites for hydroxylation is 4. The Hall–Kier alpha value is -2.67. The van der Waals surface area contributed by atoms with E-state index >= 15 is 0 Å². The standard InChI is InChI=1S/C19H21N5OS/c1-12-5-6-14(3)17(9-12)20-18(25)11-26-19-21-22-23-24(19)16-8-7-13(2)15(4)10-16/h5-10H,11H2,1-4H3,(H,20,25). The molecular weight excluding hydrogens is 346 g/mol. The minimum Gasteiger partial charge on any atom is -0.325 e. The molecular formula is C19H21N5OS. The summed E-state index contributed by atoms with van der Waals surface area (Å²) < 4.78 is 1.66. The first kappa shape index (κ1) is 18.1. The number of hydrogen-bond donors (Lipinski definition) is 1. The summed E-state index contributed by atoms with van der Waals surface area (Å²) in [6.45, 7) is 8.09. The third-order valence-electron chi connectivity index (χ3n) is 4.18. The van der Waals surface area contributed by atoms with Crippen LogP contribution in [-0.2, 0) is 4.79 Å². The highest BCUT2D eigenvalue weighted by Crippen LogP contribution is 2.21. The Bertz CT molecular complexity index is 951. The molecule has 3 aromatic rings. The number of hydrogen-bond acceptors (Lipinski definition) is 5. The molecule has 0 spiro atoms. The summed E-state index contributed by atoms with van der Waals surface area (Å²) in [7, 11) is 0. The number of amides is 1. The predicted octanol–water partition coefficient (Wildman–Crippen LogP) is 3.63. The number of rotatable bonds is 5. The molecule has 1 amide bonds. The number of carbonyl (C=O) groups excluding carboxylic acids is 1. The van der Waals surface area contributed by atoms with Gasteiger partial charge < -0.3 is 5.32 Å². The molecule has 0 aliphatic heterocycles. The van der Waals surface area contributed by atoms with Gasteiger partial charge in [0.25, 0.3) is 0 Å². The highest BCUT2D eigenvalue weighted by Gasteiger charge is 2.13. The van der Waals surface area contributed by atoms with Gasteiger partial charge in [-0.05, 0) is 78.6 Å². The van der Waals surface area contributed by atoms with Gasteiger partial charge in [-0.25, -0.2) is 0 Å². The maximum atomic E-state index is 12.3. The van der Waals surface area contributed by atoms with Gasteiger partial charge in [-0.1, -0.05) is 30.0 Å². The van der Waals surface area contributed by atoms with Crippen LogP contribution in [0.3, 0.4) is 0 Å². The van der Waals surface area contributed by atoms with Gasteiger partial charge in [0.1, 0.15) is 0 Å². The van der Waals surface area contributed by atoms with Crippen molar-refractivity contribution in [3.05, 3.63) is 58.7 Å². The van der Waals surface area contributed by atoms with E-state index in [0.29, 0.717) is 5.16 Å². The van der Waals surface area contributed by atoms with Crippen LogP contribution in [0.2, 0.25) is 0 Å². The summed E-state index contributed by atoms with van der Waals surface area (Å²) in [6, 6.07) is 12.0. The van der Waals surface area contributed by atoms with Crippen LogP contribution in [0.15, 0.2) is 41.6 Å². The zero-order valence-corrected chi connectivity index (χ0v) is 16.1. The number of thioether (sulfide) groups is 1. The van der Waals surface area contributed by atoms with Gasteiger partial charge in [-0.15, -0.1) is 5.10 Å². The van der Waals surface area contributed by atoms with Crippen molar-refractivity contribution in [2.24, 2.45) is 0 Å². The van der Waals surface area contributed by atoms with E-state index in [2.05, 4.69) is 27.8 Å². The monoisotopic (exact) mass is 367 g/mol. The minimum absolute atomic E-state index is 0.0849. The van der Waals surface area contributed by atoms with Gasteiger partial charge in [0.2, 0.25) is 11.1 Å². The fourth-order valence-corrected chi connectivity index (χ4v) is 3.17. The third kappa shape index (κ3) is 4.11. The SMILES string of the molecule is Cc1ccc(C)c(NC(=O)CSc2nnnn2-c2ccc(C)c(C)c2)c1. The van der Waals surface area contributed by atoms with Crippen LogP contribution in [0, 0.1) is 27.7 Å². The van der Waals surface area contributed by atoms with Gasteiger partial charge in [0.05, 0.1) is 11.4 Å². The molecule has 1 N–H and O–H groups in total. The molecule has 0 aliphatic carbocycles. The summed E-state index contributed by atoms with van der Waals surface area (Å²) in [4.78, 5) is 12.3. The molecule has 1 heterocycles. The third-order valence-corrected chi connectivity index (χ3v) is 5.09. The highest BCUT2D eigenvalue weighted by atomic mass is 32.2. The van der Waals surface area contributed by atoms with E-state index in [1.54, 1.807) is 4.68 Å². The Morgan fingerprint density at radius 2 is 1.81 bits per heavy atom. The number of tetrazole rings is 1. The number of benzene rings is 2. The Morgan fingerprint density at radius 3 is 2.58 bits per heavy atom. The van der Waals surface area contributed by atoms with E-state index in [1.165, 1.54) is 22.9 Å². The van der Waals surface area contributed by atoms with Crippen LogP contribution in [0.1, 0.15) is 22.3 Å². The molecule has 2 aromatic carbocycles. The van der Waals surface area contributed by atoms with Crippen LogP contribution >= 0.6 is 11.8 Å². The van der Waals surface area contributed by atoms with E-state index in [0.717, 1.165) is 22.5 Å². The minimum atomic E-state index is -0.0849. The first-order valence-corrected chi connectivity index (χ1v) is 9.28. The number of nitrogens with one attached hydrogen (secondary N) is 1. The van der Waals surface area contributed by atoms with E-state index in [4.69, 9.17) is 0 Å². The zero-order valence-electron chi connectivity index (χ0n) is 15.3. The second-order valence-electron chi connectivity index (χ2n) is 6.30. The van der Waals surface area contributed by atoms with Crippen molar-refractivity contribution in [3.8, 4) is 5.69 Å². The summed E-state index contributed by atoms with van der Waals surface area (Å²) >= 11 is 1.31. The lowest BCUT2D eigenvalue weighted by Gasteiger charge is -2.09. The molecule has 0 bridgehead atoms. The molecule has 26 heavy (non-hydrogen) atoms. The van der Waals surface area contributed by atoms with E-state index in [1.807, 2.05) is 57.2 Å². The van der Waals surface area contributed by atoms with Gasteiger partial charge in [-0.2, -0.15) is 4.68 Å². The molecule has 0 aliphatic rings. The maximum Gasteiger partial charge on any atom is 0.234 e. The van der Waals surface area contributed by atoms with Gasteiger partial charge >= 0.3 is 0 Å². The van der Waals surface area contributed by atoms with E-state index in [-0.39, 0.29) is 11.7 Å². The molecule has 0 radical (unpaired) electrons. The normalized spacial score (nSPS) is 10.8. The van der Waals surface area contributed by atoms with Crippen molar-refractivity contribution in [1.82, 2.24) is 20.2 Å². The average molecular weight is 367 g/mol. The van der Waals surface area contributed by atoms with Crippen molar-refractivity contribution in [2.75, 3.05) is 11.1 Å². The summed E-state index contributed by atoms with van der Waals surface area (Å²) in [6.07, 6.45) is 0. The first-order chi connectivity index (χ1) is 12.4. The second-order valence-corrected chi connectivity index (χ2v) is 7.24. The van der Waals surface area contributed by atoms with E-state index in [9.17, 15) is 4.79 Å². The van der Waals surface area contributed by atoms with Crippen molar-refractivity contribution < 1.29 is 4.79 Å². The zero-order chi connectivity index (χ0) is 18.7. The molecule has 0 atom stereocenters. The smallest absolute Gasteiger partial charge is 0.234 e. The van der Waals surface area contributed by atoms with E-state index < -0.39 is 0 Å². The van der Waals surface area contributed by atoms with Crippen LogP contribution < -0.4 is 5.32 Å². The van der Waals surface area contributed by atoms with Crippen LogP contribution in [-0.4, -0.2) is 31.9 Å².